The van der Waals surface area contributed by atoms with Crippen molar-refractivity contribution in [2.75, 3.05) is 6.54 Å². The number of aryl methyl sites for hydroxylation is 1. The molecular formula is C17H26N2O. The van der Waals surface area contributed by atoms with Crippen LogP contribution in [-0.2, 0) is 4.79 Å². The van der Waals surface area contributed by atoms with E-state index in [9.17, 15) is 4.79 Å². The van der Waals surface area contributed by atoms with Crippen LogP contribution in [0.4, 0.5) is 0 Å². The molecule has 1 amide bonds. The lowest BCUT2D eigenvalue weighted by Crippen LogP contribution is -2.53. The van der Waals surface area contributed by atoms with E-state index in [1.807, 2.05) is 12.1 Å². The zero-order valence-electron chi connectivity index (χ0n) is 12.8. The molecule has 0 saturated carbocycles. The second kappa shape index (κ2) is 6.40. The fourth-order valence-electron chi connectivity index (χ4n) is 3.24. The largest absolute Gasteiger partial charge is 0.348 e. The van der Waals surface area contributed by atoms with Gasteiger partial charge in [-0.2, -0.15) is 0 Å². The summed E-state index contributed by atoms with van der Waals surface area (Å²) in [4.78, 5) is 12.7. The van der Waals surface area contributed by atoms with Crippen molar-refractivity contribution in [3.8, 4) is 0 Å². The third-order valence-corrected chi connectivity index (χ3v) is 4.36. The maximum absolute atomic E-state index is 12.7. The minimum Gasteiger partial charge on any atom is -0.348 e. The lowest BCUT2D eigenvalue weighted by atomic mass is 9.90. The summed E-state index contributed by atoms with van der Waals surface area (Å²) in [7, 11) is 0. The van der Waals surface area contributed by atoms with Crippen LogP contribution in [0, 0.1) is 6.92 Å². The maximum Gasteiger partial charge on any atom is 0.240 e. The molecule has 3 heteroatoms. The number of benzene rings is 1. The Hall–Kier alpha value is -1.35. The van der Waals surface area contributed by atoms with Crippen molar-refractivity contribution in [1.29, 1.82) is 0 Å². The van der Waals surface area contributed by atoms with E-state index >= 15 is 0 Å². The summed E-state index contributed by atoms with van der Waals surface area (Å²) < 4.78 is 0. The average Bonchev–Trinajstić information content (AvgIpc) is 2.89. The SMILES string of the molecule is CCCC1(C(=O)N[C@H](C)c2ccccc2C)CCCN1. The fraction of sp³-hybridized carbons (Fsp3) is 0.588. The van der Waals surface area contributed by atoms with Gasteiger partial charge in [0.15, 0.2) is 0 Å². The van der Waals surface area contributed by atoms with Gasteiger partial charge in [-0.05, 0) is 50.8 Å². The smallest absolute Gasteiger partial charge is 0.240 e. The highest BCUT2D eigenvalue weighted by atomic mass is 16.2. The van der Waals surface area contributed by atoms with Crippen molar-refractivity contribution in [3.05, 3.63) is 35.4 Å². The van der Waals surface area contributed by atoms with Gasteiger partial charge < -0.3 is 10.6 Å². The highest BCUT2D eigenvalue weighted by molar-refractivity contribution is 5.87. The van der Waals surface area contributed by atoms with Crippen molar-refractivity contribution in [2.24, 2.45) is 0 Å². The molecule has 110 valence electrons. The molecule has 1 aromatic carbocycles. The van der Waals surface area contributed by atoms with Gasteiger partial charge >= 0.3 is 0 Å². The van der Waals surface area contributed by atoms with Gasteiger partial charge in [0.05, 0.1) is 11.6 Å². The van der Waals surface area contributed by atoms with Crippen molar-refractivity contribution in [2.45, 2.75) is 58.0 Å². The molecule has 0 bridgehead atoms. The van der Waals surface area contributed by atoms with Crippen LogP contribution in [0.5, 0.6) is 0 Å². The highest BCUT2D eigenvalue weighted by Gasteiger charge is 2.40. The van der Waals surface area contributed by atoms with Crippen LogP contribution in [0.2, 0.25) is 0 Å². The Kier molecular flexibility index (Phi) is 4.81. The molecule has 2 atom stereocenters. The Morgan fingerprint density at radius 3 is 2.80 bits per heavy atom. The van der Waals surface area contributed by atoms with Crippen molar-refractivity contribution >= 4 is 5.91 Å². The molecular weight excluding hydrogens is 248 g/mol. The second-order valence-electron chi connectivity index (χ2n) is 5.91. The predicted molar refractivity (Wildman–Crippen MR) is 82.6 cm³/mol. The number of nitrogens with one attached hydrogen (secondary N) is 2. The topological polar surface area (TPSA) is 41.1 Å². The Morgan fingerprint density at radius 1 is 1.45 bits per heavy atom. The molecule has 0 aromatic heterocycles. The lowest BCUT2D eigenvalue weighted by molar-refractivity contribution is -0.128. The van der Waals surface area contributed by atoms with Gasteiger partial charge in [0.25, 0.3) is 0 Å². The summed E-state index contributed by atoms with van der Waals surface area (Å²) in [6.45, 7) is 7.24. The van der Waals surface area contributed by atoms with E-state index < -0.39 is 0 Å². The molecule has 1 unspecified atom stereocenters. The Bertz CT molecular complexity index is 464. The maximum atomic E-state index is 12.7. The van der Waals surface area contributed by atoms with Crippen LogP contribution in [-0.4, -0.2) is 18.0 Å². The predicted octanol–water partition coefficient (Wildman–Crippen LogP) is 3.09. The van der Waals surface area contributed by atoms with E-state index in [2.05, 4.69) is 43.5 Å². The summed E-state index contributed by atoms with van der Waals surface area (Å²) in [5, 5.41) is 6.63. The van der Waals surface area contributed by atoms with Gasteiger partial charge in [-0.25, -0.2) is 0 Å². The standard InChI is InChI=1S/C17H26N2O/c1-4-10-17(11-7-12-18-17)16(20)19-14(3)15-9-6-5-8-13(15)2/h5-6,8-9,14,18H,4,7,10-12H2,1-3H3,(H,19,20)/t14-,17?/m1/s1. The first-order valence-corrected chi connectivity index (χ1v) is 7.70. The van der Waals surface area contributed by atoms with Crippen LogP contribution < -0.4 is 10.6 Å². The van der Waals surface area contributed by atoms with Gasteiger partial charge in [-0.3, -0.25) is 4.79 Å². The Morgan fingerprint density at radius 2 is 2.20 bits per heavy atom. The van der Waals surface area contributed by atoms with Crippen LogP contribution >= 0.6 is 0 Å². The fourth-order valence-corrected chi connectivity index (χ4v) is 3.24. The molecule has 0 radical (unpaired) electrons. The molecule has 1 saturated heterocycles. The number of carbonyl (C=O) groups is 1. The summed E-state index contributed by atoms with van der Waals surface area (Å²) in [6, 6.07) is 8.30. The number of amides is 1. The number of hydrogen-bond donors (Lipinski definition) is 2. The van der Waals surface area contributed by atoms with Gasteiger partial charge in [0.1, 0.15) is 0 Å². The first-order chi connectivity index (χ1) is 9.59. The molecule has 1 aliphatic heterocycles. The quantitative estimate of drug-likeness (QED) is 0.866. The van der Waals surface area contributed by atoms with Crippen molar-refractivity contribution in [1.82, 2.24) is 10.6 Å². The normalized spacial score (nSPS) is 23.6. The Labute approximate surface area is 122 Å². The minimum atomic E-state index is -0.342. The molecule has 2 rings (SSSR count). The summed E-state index contributed by atoms with van der Waals surface area (Å²) in [5.74, 6) is 0.160. The molecule has 3 nitrogen and oxygen atoms in total. The summed E-state index contributed by atoms with van der Waals surface area (Å²) >= 11 is 0. The van der Waals surface area contributed by atoms with Crippen molar-refractivity contribution in [3.63, 3.8) is 0 Å². The van der Waals surface area contributed by atoms with Gasteiger partial charge in [0.2, 0.25) is 5.91 Å². The third-order valence-electron chi connectivity index (χ3n) is 4.36. The molecule has 1 fully saturated rings. The lowest BCUT2D eigenvalue weighted by Gasteiger charge is -2.30. The first kappa shape index (κ1) is 15.0. The summed E-state index contributed by atoms with van der Waals surface area (Å²) in [6.07, 6.45) is 3.98. The second-order valence-corrected chi connectivity index (χ2v) is 5.91. The molecule has 1 heterocycles. The number of rotatable bonds is 5. The first-order valence-electron chi connectivity index (χ1n) is 7.70. The van der Waals surface area contributed by atoms with Crippen molar-refractivity contribution < 1.29 is 4.79 Å². The average molecular weight is 274 g/mol. The zero-order valence-corrected chi connectivity index (χ0v) is 12.8. The minimum absolute atomic E-state index is 0.0554. The van der Waals surface area contributed by atoms with E-state index in [-0.39, 0.29) is 17.5 Å². The molecule has 0 spiro atoms. The molecule has 1 aromatic rings. The van der Waals surface area contributed by atoms with Crippen LogP contribution in [0.3, 0.4) is 0 Å². The van der Waals surface area contributed by atoms with Crippen LogP contribution in [0.15, 0.2) is 24.3 Å². The highest BCUT2D eigenvalue weighted by Crippen LogP contribution is 2.26. The number of carbonyl (C=O) groups excluding carboxylic acids is 1. The van der Waals surface area contributed by atoms with Gasteiger partial charge in [-0.15, -0.1) is 0 Å². The number of hydrogen-bond acceptors (Lipinski definition) is 2. The van der Waals surface area contributed by atoms with E-state index in [4.69, 9.17) is 0 Å². The van der Waals surface area contributed by atoms with Crippen LogP contribution in [0.25, 0.3) is 0 Å². The van der Waals surface area contributed by atoms with E-state index in [0.717, 1.165) is 32.2 Å². The van der Waals surface area contributed by atoms with Gasteiger partial charge in [-0.1, -0.05) is 37.6 Å². The van der Waals surface area contributed by atoms with Crippen LogP contribution in [0.1, 0.15) is 56.7 Å². The molecule has 20 heavy (non-hydrogen) atoms. The van der Waals surface area contributed by atoms with E-state index in [1.54, 1.807) is 0 Å². The van der Waals surface area contributed by atoms with Gasteiger partial charge in [0, 0.05) is 0 Å². The molecule has 2 N–H and O–H groups in total. The molecule has 1 aliphatic rings. The monoisotopic (exact) mass is 274 g/mol. The summed E-state index contributed by atoms with van der Waals surface area (Å²) in [5.41, 5.74) is 2.08. The van der Waals surface area contributed by atoms with E-state index in [0.29, 0.717) is 0 Å². The third kappa shape index (κ3) is 3.04. The Balaban J connectivity index is 2.08. The zero-order chi connectivity index (χ0) is 14.6. The van der Waals surface area contributed by atoms with E-state index in [1.165, 1.54) is 11.1 Å². The molecule has 0 aliphatic carbocycles.